The molecular formula is C12H8N4OS. The van der Waals surface area contributed by atoms with Gasteiger partial charge < -0.3 is 4.74 Å². The van der Waals surface area contributed by atoms with Crippen molar-refractivity contribution in [1.29, 1.82) is 5.26 Å². The third-order valence-electron chi connectivity index (χ3n) is 2.57. The summed E-state index contributed by atoms with van der Waals surface area (Å²) in [5.74, 6) is 1.56. The summed E-state index contributed by atoms with van der Waals surface area (Å²) in [7, 11) is 1.63. The molecule has 0 bridgehead atoms. The molecule has 0 saturated heterocycles. The normalized spacial score (nSPS) is 10.4. The number of fused-ring (bicyclic) bond motifs is 1. The van der Waals surface area contributed by atoms with Gasteiger partial charge in [0.05, 0.1) is 23.6 Å². The lowest BCUT2D eigenvalue weighted by atomic mass is 10.3. The fourth-order valence-electron chi connectivity index (χ4n) is 1.67. The molecule has 0 N–H and O–H groups in total. The molecule has 0 aromatic carbocycles. The van der Waals surface area contributed by atoms with Crippen molar-refractivity contribution < 1.29 is 4.74 Å². The van der Waals surface area contributed by atoms with Crippen molar-refractivity contribution in [1.82, 2.24) is 14.6 Å². The first-order valence-electron chi connectivity index (χ1n) is 5.19. The summed E-state index contributed by atoms with van der Waals surface area (Å²) in [5.41, 5.74) is 1.24. The summed E-state index contributed by atoms with van der Waals surface area (Å²) in [4.78, 5) is 0.976. The summed E-state index contributed by atoms with van der Waals surface area (Å²) in [6, 6.07) is 7.45. The summed E-state index contributed by atoms with van der Waals surface area (Å²) in [5, 5.41) is 19.0. The largest absolute Gasteiger partial charge is 0.496 e. The Labute approximate surface area is 107 Å². The van der Waals surface area contributed by atoms with Gasteiger partial charge in [-0.1, -0.05) is 0 Å². The van der Waals surface area contributed by atoms with E-state index in [1.165, 1.54) is 0 Å². The van der Waals surface area contributed by atoms with Gasteiger partial charge in [0.25, 0.3) is 0 Å². The molecule has 0 aliphatic rings. The topological polar surface area (TPSA) is 63.2 Å². The van der Waals surface area contributed by atoms with Gasteiger partial charge in [-0.2, -0.15) is 5.26 Å². The number of ether oxygens (including phenoxy) is 1. The summed E-state index contributed by atoms with van der Waals surface area (Å²) < 4.78 is 7.00. The van der Waals surface area contributed by atoms with Crippen LogP contribution in [-0.2, 0) is 0 Å². The van der Waals surface area contributed by atoms with Crippen LogP contribution >= 0.6 is 11.3 Å². The number of nitrogens with zero attached hydrogens (tertiary/aromatic N) is 4. The number of aromatic nitrogens is 3. The van der Waals surface area contributed by atoms with Crippen LogP contribution < -0.4 is 4.74 Å². The van der Waals surface area contributed by atoms with Gasteiger partial charge >= 0.3 is 0 Å². The molecule has 0 unspecified atom stereocenters. The van der Waals surface area contributed by atoms with E-state index in [0.29, 0.717) is 11.2 Å². The molecule has 0 fully saturated rings. The molecule has 3 heterocycles. The molecule has 0 spiro atoms. The van der Waals surface area contributed by atoms with Gasteiger partial charge in [-0.25, -0.2) is 0 Å². The monoisotopic (exact) mass is 256 g/mol. The molecule has 3 aromatic rings. The predicted octanol–water partition coefficient (Wildman–Crippen LogP) is 2.34. The van der Waals surface area contributed by atoms with Crippen LogP contribution in [0.2, 0.25) is 0 Å². The Morgan fingerprint density at radius 2 is 2.28 bits per heavy atom. The first-order valence-corrected chi connectivity index (χ1v) is 6.07. The molecule has 3 aromatic heterocycles. The van der Waals surface area contributed by atoms with E-state index in [-0.39, 0.29) is 0 Å². The van der Waals surface area contributed by atoms with Crippen LogP contribution in [0.15, 0.2) is 29.8 Å². The van der Waals surface area contributed by atoms with E-state index in [1.54, 1.807) is 36.8 Å². The smallest absolute Gasteiger partial charge is 0.178 e. The zero-order valence-electron chi connectivity index (χ0n) is 9.49. The van der Waals surface area contributed by atoms with Crippen molar-refractivity contribution >= 4 is 17.0 Å². The summed E-state index contributed by atoms with van der Waals surface area (Å²) in [6.45, 7) is 0. The molecule has 88 valence electrons. The number of thiophene rings is 1. The van der Waals surface area contributed by atoms with Gasteiger partial charge in [-0.3, -0.25) is 4.40 Å². The zero-order chi connectivity index (χ0) is 12.5. The Morgan fingerprint density at radius 1 is 1.39 bits per heavy atom. The second-order valence-corrected chi connectivity index (χ2v) is 4.54. The highest BCUT2D eigenvalue weighted by molar-refractivity contribution is 7.13. The van der Waals surface area contributed by atoms with E-state index >= 15 is 0 Å². The van der Waals surface area contributed by atoms with Gasteiger partial charge in [0, 0.05) is 23.7 Å². The summed E-state index contributed by atoms with van der Waals surface area (Å²) in [6.07, 6.45) is 1.80. The van der Waals surface area contributed by atoms with Gasteiger partial charge in [-0.15, -0.1) is 21.5 Å². The molecule has 5 nitrogen and oxygen atoms in total. The van der Waals surface area contributed by atoms with Crippen LogP contribution in [-0.4, -0.2) is 21.7 Å². The molecule has 18 heavy (non-hydrogen) atoms. The van der Waals surface area contributed by atoms with Crippen LogP contribution in [0.4, 0.5) is 0 Å². The van der Waals surface area contributed by atoms with E-state index in [0.717, 1.165) is 16.5 Å². The minimum atomic E-state index is 0.574. The number of hydrogen-bond acceptors (Lipinski definition) is 5. The molecule has 0 atom stereocenters. The fourth-order valence-corrected chi connectivity index (χ4v) is 2.51. The Hall–Kier alpha value is -2.39. The number of nitriles is 1. The van der Waals surface area contributed by atoms with Gasteiger partial charge in [0.15, 0.2) is 11.5 Å². The van der Waals surface area contributed by atoms with E-state index in [4.69, 9.17) is 10.00 Å². The van der Waals surface area contributed by atoms with Crippen molar-refractivity contribution in [2.45, 2.75) is 0 Å². The lowest BCUT2D eigenvalue weighted by Gasteiger charge is -1.96. The van der Waals surface area contributed by atoms with E-state index in [9.17, 15) is 0 Å². The van der Waals surface area contributed by atoms with Crippen LogP contribution in [0.25, 0.3) is 16.3 Å². The Balaban J connectivity index is 2.15. The standard InChI is InChI=1S/C12H8N4OS/c1-17-9-5-10(18-7-9)12-15-14-11-4-8(6-13)2-3-16(11)12/h2-5,7H,1H3. The molecule has 0 saturated carbocycles. The average Bonchev–Trinajstić information content (AvgIpc) is 3.03. The summed E-state index contributed by atoms with van der Waals surface area (Å²) >= 11 is 1.54. The maximum atomic E-state index is 8.83. The zero-order valence-corrected chi connectivity index (χ0v) is 10.3. The van der Waals surface area contributed by atoms with Crippen molar-refractivity contribution in [2.75, 3.05) is 7.11 Å². The lowest BCUT2D eigenvalue weighted by molar-refractivity contribution is 0.417. The second kappa shape index (κ2) is 4.13. The van der Waals surface area contributed by atoms with Crippen molar-refractivity contribution in [3.05, 3.63) is 35.3 Å². The molecular weight excluding hydrogens is 248 g/mol. The van der Waals surface area contributed by atoms with Crippen molar-refractivity contribution in [3.8, 4) is 22.5 Å². The first-order chi connectivity index (χ1) is 8.81. The third-order valence-corrected chi connectivity index (χ3v) is 3.48. The Morgan fingerprint density at radius 3 is 3.00 bits per heavy atom. The van der Waals surface area contributed by atoms with E-state index < -0.39 is 0 Å². The number of rotatable bonds is 2. The maximum absolute atomic E-state index is 8.83. The molecule has 0 aliphatic heterocycles. The van der Waals surface area contributed by atoms with Gasteiger partial charge in [0.1, 0.15) is 5.75 Å². The van der Waals surface area contributed by atoms with Crippen LogP contribution in [0, 0.1) is 11.3 Å². The van der Waals surface area contributed by atoms with Gasteiger partial charge in [-0.05, 0) is 6.07 Å². The fraction of sp³-hybridized carbons (Fsp3) is 0.0833. The van der Waals surface area contributed by atoms with Crippen molar-refractivity contribution in [3.63, 3.8) is 0 Å². The Kier molecular flexibility index (Phi) is 2.46. The lowest BCUT2D eigenvalue weighted by Crippen LogP contribution is -1.88. The number of methoxy groups -OCH3 is 1. The van der Waals surface area contributed by atoms with Gasteiger partial charge in [0.2, 0.25) is 0 Å². The molecule has 6 heteroatoms. The number of pyridine rings is 1. The van der Waals surface area contributed by atoms with Crippen LogP contribution in [0.1, 0.15) is 5.56 Å². The number of hydrogen-bond donors (Lipinski definition) is 0. The highest BCUT2D eigenvalue weighted by Gasteiger charge is 2.11. The highest BCUT2D eigenvalue weighted by atomic mass is 32.1. The average molecular weight is 256 g/mol. The molecule has 0 amide bonds. The predicted molar refractivity (Wildman–Crippen MR) is 67.6 cm³/mol. The quantitative estimate of drug-likeness (QED) is 0.706. The highest BCUT2D eigenvalue weighted by Crippen LogP contribution is 2.29. The minimum absolute atomic E-state index is 0.574. The second-order valence-electron chi connectivity index (χ2n) is 3.63. The van der Waals surface area contributed by atoms with Crippen molar-refractivity contribution in [2.24, 2.45) is 0 Å². The Bertz CT molecular complexity index is 753. The van der Waals surface area contributed by atoms with E-state index in [1.807, 2.05) is 15.8 Å². The third kappa shape index (κ3) is 1.61. The maximum Gasteiger partial charge on any atom is 0.178 e. The van der Waals surface area contributed by atoms with Crippen LogP contribution in [0.5, 0.6) is 5.75 Å². The molecule has 0 radical (unpaired) electrons. The minimum Gasteiger partial charge on any atom is -0.496 e. The van der Waals surface area contributed by atoms with E-state index in [2.05, 4.69) is 16.3 Å². The first kappa shape index (κ1) is 10.7. The SMILES string of the molecule is COc1csc(-c2nnc3cc(C#N)ccn23)c1. The van der Waals surface area contributed by atoms with Crippen LogP contribution in [0.3, 0.4) is 0 Å². The molecule has 0 aliphatic carbocycles. The molecule has 3 rings (SSSR count).